The van der Waals surface area contributed by atoms with Gasteiger partial charge in [0.05, 0.1) is 0 Å². The van der Waals surface area contributed by atoms with Gasteiger partial charge in [0.25, 0.3) is 0 Å². The third-order valence-electron chi connectivity index (χ3n) is 3.02. The maximum atomic E-state index is 12.5. The van der Waals surface area contributed by atoms with E-state index in [4.69, 9.17) is 27.9 Å². The zero-order chi connectivity index (χ0) is 15.7. The van der Waals surface area contributed by atoms with Crippen molar-refractivity contribution in [2.24, 2.45) is 0 Å². The molecule has 0 saturated heterocycles. The Morgan fingerprint density at radius 3 is 2.29 bits per heavy atom. The average molecular weight is 355 g/mol. The second-order valence-corrected chi connectivity index (χ2v) is 6.65. The molecule has 114 valence electrons. The topological polar surface area (TPSA) is 9.23 Å². The lowest BCUT2D eigenvalue weighted by Gasteiger charge is -2.40. The monoisotopic (exact) mass is 354 g/mol. The fourth-order valence-electron chi connectivity index (χ4n) is 2.03. The summed E-state index contributed by atoms with van der Waals surface area (Å²) in [6.07, 6.45) is 3.87. The molecule has 0 aromatic heterocycles. The molecule has 1 aliphatic rings. The highest BCUT2D eigenvalue weighted by atomic mass is 35.5. The molecule has 0 aliphatic heterocycles. The van der Waals surface area contributed by atoms with Gasteiger partial charge in [-0.3, -0.25) is 0 Å². The fourth-order valence-corrected chi connectivity index (χ4v) is 3.34. The van der Waals surface area contributed by atoms with Crippen molar-refractivity contribution in [1.29, 1.82) is 0 Å². The highest BCUT2D eigenvalue weighted by Gasteiger charge is 2.50. The van der Waals surface area contributed by atoms with E-state index in [0.717, 1.165) is 0 Å². The number of halogens is 5. The van der Waals surface area contributed by atoms with Gasteiger partial charge < -0.3 is 4.74 Å². The van der Waals surface area contributed by atoms with E-state index in [1.807, 2.05) is 0 Å². The minimum atomic E-state index is -4.40. The molecule has 7 heteroatoms. The molecule has 0 saturated carbocycles. The first kappa shape index (κ1) is 16.7. The van der Waals surface area contributed by atoms with Gasteiger partial charge in [-0.2, -0.15) is 13.2 Å². The number of allylic oxidation sites excluding steroid dienone is 1. The molecule has 0 spiro atoms. The van der Waals surface area contributed by atoms with Crippen molar-refractivity contribution in [2.45, 2.75) is 15.4 Å². The van der Waals surface area contributed by atoms with Gasteiger partial charge in [0, 0.05) is 12.0 Å². The summed E-state index contributed by atoms with van der Waals surface area (Å²) < 4.78 is 42.9. The van der Waals surface area contributed by atoms with Crippen LogP contribution in [0.2, 0.25) is 0 Å². The molecule has 0 amide bonds. The minimum absolute atomic E-state index is 0.0327. The predicted molar refractivity (Wildman–Crippen MR) is 80.4 cm³/mol. The molecule has 21 heavy (non-hydrogen) atoms. The summed E-state index contributed by atoms with van der Waals surface area (Å²) in [5.41, 5.74) is -3.85. The molecule has 0 bridgehead atoms. The Hall–Kier alpha value is -0.620. The Kier molecular flexibility index (Phi) is 4.69. The Morgan fingerprint density at radius 1 is 1.14 bits per heavy atom. The first-order valence-corrected chi connectivity index (χ1v) is 7.44. The van der Waals surface area contributed by atoms with E-state index in [9.17, 15) is 13.2 Å². The first-order valence-electron chi connectivity index (χ1n) is 5.86. The van der Waals surface area contributed by atoms with Gasteiger partial charge in [-0.1, -0.05) is 41.9 Å². The summed E-state index contributed by atoms with van der Waals surface area (Å²) >= 11 is 12.7. The third-order valence-corrected chi connectivity index (χ3v) is 5.03. The van der Waals surface area contributed by atoms with Crippen LogP contribution in [-0.4, -0.2) is 17.7 Å². The number of rotatable bonds is 3. The van der Waals surface area contributed by atoms with Gasteiger partial charge in [-0.05, 0) is 35.6 Å². The van der Waals surface area contributed by atoms with Crippen molar-refractivity contribution in [1.82, 2.24) is 0 Å². The highest BCUT2D eigenvalue weighted by Crippen LogP contribution is 2.52. The number of thioether (sulfide) groups is 1. The molecule has 1 aliphatic carbocycles. The number of alkyl halides is 5. The number of methoxy groups -OCH3 is 1. The summed E-state index contributed by atoms with van der Waals surface area (Å²) in [4.78, 5) is -1.47. The SMILES string of the molecule is COC1(Cl)C=CC(SC(F)(F)F)=CC1(Cl)c1ccccc1. The normalized spacial score (nSPS) is 29.3. The van der Waals surface area contributed by atoms with Crippen molar-refractivity contribution < 1.29 is 17.9 Å². The molecule has 2 unspecified atom stereocenters. The number of ether oxygens (including phenoxy) is 1. The van der Waals surface area contributed by atoms with Crippen molar-refractivity contribution in [3.8, 4) is 0 Å². The van der Waals surface area contributed by atoms with Gasteiger partial charge >= 0.3 is 5.51 Å². The van der Waals surface area contributed by atoms with E-state index in [1.54, 1.807) is 30.3 Å². The summed E-state index contributed by atoms with van der Waals surface area (Å²) in [6.45, 7) is 0. The summed E-state index contributed by atoms with van der Waals surface area (Å²) in [5, 5.41) is -1.47. The van der Waals surface area contributed by atoms with E-state index >= 15 is 0 Å². The highest BCUT2D eigenvalue weighted by molar-refractivity contribution is 8.04. The van der Waals surface area contributed by atoms with Crippen molar-refractivity contribution >= 4 is 35.0 Å². The van der Waals surface area contributed by atoms with Crippen LogP contribution in [0.1, 0.15) is 5.56 Å². The molecule has 0 N–H and O–H groups in total. The Morgan fingerprint density at radius 2 is 1.76 bits per heavy atom. The molecule has 0 heterocycles. The van der Waals surface area contributed by atoms with Crippen molar-refractivity contribution in [3.63, 3.8) is 0 Å². The quantitative estimate of drug-likeness (QED) is 0.671. The fraction of sp³-hybridized carbons (Fsp3) is 0.286. The van der Waals surface area contributed by atoms with Crippen LogP contribution in [-0.2, 0) is 9.61 Å². The Balaban J connectivity index is 2.49. The molecular formula is C14H11Cl2F3OS. The van der Waals surface area contributed by atoms with E-state index < -0.39 is 15.4 Å². The maximum Gasteiger partial charge on any atom is 0.446 e. The van der Waals surface area contributed by atoms with Crippen molar-refractivity contribution in [3.05, 3.63) is 59.0 Å². The Bertz CT molecular complexity index is 573. The molecule has 1 aromatic rings. The number of benzene rings is 1. The second kappa shape index (κ2) is 5.88. The molecular weight excluding hydrogens is 344 g/mol. The maximum absolute atomic E-state index is 12.5. The molecule has 2 rings (SSSR count). The van der Waals surface area contributed by atoms with Crippen LogP contribution in [0, 0.1) is 0 Å². The van der Waals surface area contributed by atoms with Crippen LogP contribution in [0.15, 0.2) is 53.5 Å². The molecule has 0 fully saturated rings. The van der Waals surface area contributed by atoms with Crippen LogP contribution in [0.3, 0.4) is 0 Å². The zero-order valence-corrected chi connectivity index (χ0v) is 13.2. The lowest BCUT2D eigenvalue weighted by molar-refractivity contribution is -0.0322. The van der Waals surface area contributed by atoms with Crippen LogP contribution < -0.4 is 0 Å². The lowest BCUT2D eigenvalue weighted by atomic mass is 9.88. The second-order valence-electron chi connectivity index (χ2n) is 4.35. The van der Waals surface area contributed by atoms with Gasteiger partial charge in [0.2, 0.25) is 0 Å². The van der Waals surface area contributed by atoms with Gasteiger partial charge in [0.15, 0.2) is 5.06 Å². The van der Waals surface area contributed by atoms with Crippen LogP contribution in [0.25, 0.3) is 0 Å². The minimum Gasteiger partial charge on any atom is -0.357 e. The van der Waals surface area contributed by atoms with E-state index in [-0.39, 0.29) is 16.7 Å². The zero-order valence-electron chi connectivity index (χ0n) is 10.8. The van der Waals surface area contributed by atoms with E-state index in [1.165, 1.54) is 25.3 Å². The van der Waals surface area contributed by atoms with Crippen molar-refractivity contribution in [2.75, 3.05) is 7.11 Å². The van der Waals surface area contributed by atoms with E-state index in [2.05, 4.69) is 0 Å². The predicted octanol–water partition coefficient (Wildman–Crippen LogP) is 5.41. The average Bonchev–Trinajstić information content (AvgIpc) is 2.42. The summed E-state index contributed by atoms with van der Waals surface area (Å²) in [5.74, 6) is 0. The largest absolute Gasteiger partial charge is 0.446 e. The van der Waals surface area contributed by atoms with Crippen LogP contribution in [0.4, 0.5) is 13.2 Å². The van der Waals surface area contributed by atoms with Crippen LogP contribution >= 0.6 is 35.0 Å². The molecule has 1 nitrogen and oxygen atoms in total. The third kappa shape index (κ3) is 3.42. The number of hydrogen-bond donors (Lipinski definition) is 0. The standard InChI is InChI=1S/C14H11Cl2F3OS/c1-20-13(16)8-7-11(21-14(17,18)19)9-12(13,15)10-5-3-2-4-6-10/h2-9H,1H3. The molecule has 2 atom stereocenters. The van der Waals surface area contributed by atoms with E-state index in [0.29, 0.717) is 5.56 Å². The van der Waals surface area contributed by atoms with Gasteiger partial charge in [-0.25, -0.2) is 0 Å². The lowest BCUT2D eigenvalue weighted by Crippen LogP contribution is -2.43. The molecule has 0 radical (unpaired) electrons. The number of hydrogen-bond acceptors (Lipinski definition) is 2. The molecule has 1 aromatic carbocycles. The van der Waals surface area contributed by atoms with Crippen LogP contribution in [0.5, 0.6) is 0 Å². The first-order chi connectivity index (χ1) is 9.70. The Labute approximate surface area is 134 Å². The summed E-state index contributed by atoms with van der Waals surface area (Å²) in [7, 11) is 1.35. The smallest absolute Gasteiger partial charge is 0.357 e. The van der Waals surface area contributed by atoms with Gasteiger partial charge in [0.1, 0.15) is 4.87 Å². The van der Waals surface area contributed by atoms with Gasteiger partial charge in [-0.15, -0.1) is 11.6 Å². The summed E-state index contributed by atoms with van der Waals surface area (Å²) in [6, 6.07) is 8.62.